The molecule has 1 aliphatic heterocycles. The third kappa shape index (κ3) is 6.95. The number of carbonyl (C=O) groups excluding carboxylic acids is 1. The number of amides is 1. The monoisotopic (exact) mass is 268 g/mol. The van der Waals surface area contributed by atoms with Crippen molar-refractivity contribution in [3.63, 3.8) is 0 Å². The molecule has 1 amide bonds. The lowest BCUT2D eigenvalue weighted by atomic mass is 9.93. The molecule has 0 radical (unpaired) electrons. The smallest absolute Gasteiger partial charge is 0.222 e. The normalized spacial score (nSPS) is 16.8. The summed E-state index contributed by atoms with van der Waals surface area (Å²) in [4.78, 5) is 14.1. The molecule has 0 aromatic rings. The van der Waals surface area contributed by atoms with E-state index in [1.807, 2.05) is 0 Å². The minimum atomic E-state index is 0.377. The van der Waals surface area contributed by atoms with E-state index in [1.165, 1.54) is 32.1 Å². The molecule has 1 saturated heterocycles. The topological polar surface area (TPSA) is 46.3 Å². The van der Waals surface area contributed by atoms with Crippen LogP contribution >= 0.6 is 0 Å². The average Bonchev–Trinajstić information content (AvgIpc) is 2.43. The van der Waals surface area contributed by atoms with Crippen LogP contribution in [0.1, 0.15) is 71.1 Å². The molecule has 0 unspecified atom stereocenters. The van der Waals surface area contributed by atoms with Crippen LogP contribution in [0.15, 0.2) is 0 Å². The number of carbonyl (C=O) groups is 1. The predicted molar refractivity (Wildman–Crippen MR) is 81.0 cm³/mol. The molecule has 2 N–H and O–H groups in total. The van der Waals surface area contributed by atoms with E-state index in [0.717, 1.165) is 57.7 Å². The zero-order valence-corrected chi connectivity index (χ0v) is 12.7. The van der Waals surface area contributed by atoms with Crippen LogP contribution in [0.25, 0.3) is 0 Å². The standard InChI is InChI=1S/C16H32N2O/c1-2-3-4-5-6-7-8-16(19)18-13-10-15(9-12-17)11-14-18/h15H,2-14,17H2,1H3. The molecule has 0 aromatic heterocycles. The van der Waals surface area contributed by atoms with Gasteiger partial charge in [-0.2, -0.15) is 0 Å². The van der Waals surface area contributed by atoms with Gasteiger partial charge in [0.25, 0.3) is 0 Å². The minimum Gasteiger partial charge on any atom is -0.343 e. The van der Waals surface area contributed by atoms with E-state index < -0.39 is 0 Å². The van der Waals surface area contributed by atoms with Crippen molar-refractivity contribution in [3.8, 4) is 0 Å². The van der Waals surface area contributed by atoms with Crippen molar-refractivity contribution in [3.05, 3.63) is 0 Å². The van der Waals surface area contributed by atoms with E-state index in [9.17, 15) is 4.79 Å². The predicted octanol–water partition coefficient (Wildman–Crippen LogP) is 3.32. The van der Waals surface area contributed by atoms with Crippen molar-refractivity contribution >= 4 is 5.91 Å². The van der Waals surface area contributed by atoms with Crippen LogP contribution < -0.4 is 5.73 Å². The van der Waals surface area contributed by atoms with Crippen molar-refractivity contribution in [2.24, 2.45) is 11.7 Å². The summed E-state index contributed by atoms with van der Waals surface area (Å²) in [5.41, 5.74) is 5.59. The fourth-order valence-corrected chi connectivity index (χ4v) is 2.92. The number of rotatable bonds is 9. The second kappa shape index (κ2) is 10.2. The number of unbranched alkanes of at least 4 members (excludes halogenated alkanes) is 5. The molecule has 19 heavy (non-hydrogen) atoms. The van der Waals surface area contributed by atoms with Gasteiger partial charge in [-0.15, -0.1) is 0 Å². The maximum atomic E-state index is 12.1. The lowest BCUT2D eigenvalue weighted by Crippen LogP contribution is -2.38. The summed E-state index contributed by atoms with van der Waals surface area (Å²) in [5, 5.41) is 0. The number of piperidine rings is 1. The van der Waals surface area contributed by atoms with Gasteiger partial charge in [-0.3, -0.25) is 4.79 Å². The molecule has 0 aliphatic carbocycles. The van der Waals surface area contributed by atoms with Crippen molar-refractivity contribution in [1.82, 2.24) is 4.90 Å². The summed E-state index contributed by atoms with van der Waals surface area (Å²) in [6.07, 6.45) is 11.7. The van der Waals surface area contributed by atoms with Crippen LogP contribution in [-0.2, 0) is 4.79 Å². The van der Waals surface area contributed by atoms with Gasteiger partial charge in [-0.05, 0) is 38.1 Å². The third-order valence-corrected chi connectivity index (χ3v) is 4.29. The molecule has 0 atom stereocenters. The Balaban J connectivity index is 2.04. The third-order valence-electron chi connectivity index (χ3n) is 4.29. The Morgan fingerprint density at radius 2 is 1.74 bits per heavy atom. The Kier molecular flexibility index (Phi) is 8.89. The fourth-order valence-electron chi connectivity index (χ4n) is 2.92. The Bertz CT molecular complexity index is 235. The van der Waals surface area contributed by atoms with E-state index in [4.69, 9.17) is 5.73 Å². The molecule has 1 heterocycles. The summed E-state index contributed by atoms with van der Waals surface area (Å²) in [6.45, 7) is 4.94. The largest absolute Gasteiger partial charge is 0.343 e. The molecule has 1 rings (SSSR count). The van der Waals surface area contributed by atoms with Gasteiger partial charge in [0.05, 0.1) is 0 Å². The second-order valence-corrected chi connectivity index (χ2v) is 5.92. The highest BCUT2D eigenvalue weighted by molar-refractivity contribution is 5.76. The van der Waals surface area contributed by atoms with Gasteiger partial charge in [0.1, 0.15) is 0 Å². The first kappa shape index (κ1) is 16.5. The molecular weight excluding hydrogens is 236 g/mol. The summed E-state index contributed by atoms with van der Waals surface area (Å²) >= 11 is 0. The molecular formula is C16H32N2O. The SMILES string of the molecule is CCCCCCCCC(=O)N1CCC(CCN)CC1. The molecule has 1 fully saturated rings. The van der Waals surface area contributed by atoms with Crippen LogP contribution in [0.2, 0.25) is 0 Å². The molecule has 0 bridgehead atoms. The average molecular weight is 268 g/mol. The summed E-state index contributed by atoms with van der Waals surface area (Å²) in [6, 6.07) is 0. The quantitative estimate of drug-likeness (QED) is 0.652. The van der Waals surface area contributed by atoms with Gasteiger partial charge >= 0.3 is 0 Å². The van der Waals surface area contributed by atoms with E-state index in [0.29, 0.717) is 5.91 Å². The van der Waals surface area contributed by atoms with Crippen molar-refractivity contribution in [2.45, 2.75) is 71.1 Å². The first-order chi connectivity index (χ1) is 9.27. The molecule has 3 heteroatoms. The van der Waals surface area contributed by atoms with Crippen LogP contribution in [0.4, 0.5) is 0 Å². The molecule has 0 aromatic carbocycles. The lowest BCUT2D eigenvalue weighted by Gasteiger charge is -2.32. The van der Waals surface area contributed by atoms with Gasteiger partial charge in [-0.1, -0.05) is 39.0 Å². The Morgan fingerprint density at radius 3 is 2.37 bits per heavy atom. The first-order valence-corrected chi connectivity index (χ1v) is 8.25. The molecule has 0 spiro atoms. The van der Waals surface area contributed by atoms with Gasteiger partial charge in [0.15, 0.2) is 0 Å². The van der Waals surface area contributed by atoms with Crippen molar-refractivity contribution in [1.29, 1.82) is 0 Å². The maximum Gasteiger partial charge on any atom is 0.222 e. The number of hydrogen-bond acceptors (Lipinski definition) is 2. The number of nitrogens with zero attached hydrogens (tertiary/aromatic N) is 1. The molecule has 0 saturated carbocycles. The Hall–Kier alpha value is -0.570. The summed E-state index contributed by atoms with van der Waals surface area (Å²) < 4.78 is 0. The first-order valence-electron chi connectivity index (χ1n) is 8.25. The van der Waals surface area contributed by atoms with Crippen LogP contribution in [0.3, 0.4) is 0 Å². The maximum absolute atomic E-state index is 12.1. The van der Waals surface area contributed by atoms with E-state index >= 15 is 0 Å². The minimum absolute atomic E-state index is 0.377. The molecule has 1 aliphatic rings. The van der Waals surface area contributed by atoms with Crippen molar-refractivity contribution in [2.75, 3.05) is 19.6 Å². The zero-order chi connectivity index (χ0) is 13.9. The van der Waals surface area contributed by atoms with E-state index in [-0.39, 0.29) is 0 Å². The number of nitrogens with two attached hydrogens (primary N) is 1. The second-order valence-electron chi connectivity index (χ2n) is 5.92. The Morgan fingerprint density at radius 1 is 1.11 bits per heavy atom. The number of likely N-dealkylation sites (tertiary alicyclic amines) is 1. The Labute approximate surface area is 118 Å². The highest BCUT2D eigenvalue weighted by Crippen LogP contribution is 2.20. The number of hydrogen-bond donors (Lipinski definition) is 1. The summed E-state index contributed by atoms with van der Waals surface area (Å²) in [7, 11) is 0. The van der Waals surface area contributed by atoms with Crippen molar-refractivity contribution < 1.29 is 4.79 Å². The zero-order valence-electron chi connectivity index (χ0n) is 12.7. The van der Waals surface area contributed by atoms with Gasteiger partial charge in [0, 0.05) is 19.5 Å². The van der Waals surface area contributed by atoms with E-state index in [2.05, 4.69) is 11.8 Å². The van der Waals surface area contributed by atoms with Crippen LogP contribution in [-0.4, -0.2) is 30.4 Å². The van der Waals surface area contributed by atoms with Gasteiger partial charge < -0.3 is 10.6 Å². The van der Waals surface area contributed by atoms with Crippen LogP contribution in [0, 0.1) is 5.92 Å². The summed E-state index contributed by atoms with van der Waals surface area (Å²) in [5.74, 6) is 1.13. The van der Waals surface area contributed by atoms with E-state index in [1.54, 1.807) is 0 Å². The van der Waals surface area contributed by atoms with Gasteiger partial charge in [-0.25, -0.2) is 0 Å². The van der Waals surface area contributed by atoms with Gasteiger partial charge in [0.2, 0.25) is 5.91 Å². The molecule has 3 nitrogen and oxygen atoms in total. The van der Waals surface area contributed by atoms with Crippen LogP contribution in [0.5, 0.6) is 0 Å². The lowest BCUT2D eigenvalue weighted by molar-refractivity contribution is -0.132. The fraction of sp³-hybridized carbons (Fsp3) is 0.938. The molecule has 112 valence electrons. The highest BCUT2D eigenvalue weighted by Gasteiger charge is 2.21. The highest BCUT2D eigenvalue weighted by atomic mass is 16.2.